The molecule has 22 heavy (non-hydrogen) atoms. The molecule has 1 aromatic carbocycles. The molecule has 0 spiro atoms. The fraction of sp³-hybridized carbons (Fsp3) is 0.647. The van der Waals surface area contributed by atoms with Crippen molar-refractivity contribution < 1.29 is 13.6 Å². The molecule has 0 aromatic heterocycles. The van der Waals surface area contributed by atoms with Gasteiger partial charge in [0.2, 0.25) is 0 Å². The highest BCUT2D eigenvalue weighted by Gasteiger charge is 2.63. The Labute approximate surface area is 135 Å². The van der Waals surface area contributed by atoms with Gasteiger partial charge in [0.25, 0.3) is 0 Å². The number of anilines is 1. The lowest BCUT2D eigenvalue weighted by molar-refractivity contribution is -0.0230. The smallest absolute Gasteiger partial charge is 0.372 e. The lowest BCUT2D eigenvalue weighted by Gasteiger charge is -2.52. The summed E-state index contributed by atoms with van der Waals surface area (Å²) in [5.41, 5.74) is 1.13. The molecular weight excluding hydrogens is 294 g/mol. The molecule has 0 aliphatic carbocycles. The summed E-state index contributed by atoms with van der Waals surface area (Å²) < 4.78 is 18.2. The molecule has 2 rings (SSSR count). The zero-order valence-corrected chi connectivity index (χ0v) is 15.2. The van der Waals surface area contributed by atoms with E-state index in [9.17, 15) is 0 Å². The summed E-state index contributed by atoms with van der Waals surface area (Å²) in [6, 6.07) is 11.5. The van der Waals surface area contributed by atoms with Gasteiger partial charge in [-0.2, -0.15) is 0 Å². The fourth-order valence-corrected chi connectivity index (χ4v) is 7.99. The van der Waals surface area contributed by atoms with Crippen molar-refractivity contribution in [2.45, 2.75) is 49.9 Å². The molecule has 1 N–H and O–H groups in total. The molecule has 2 unspecified atom stereocenters. The predicted molar refractivity (Wildman–Crippen MR) is 92.3 cm³/mol. The molecule has 0 amide bonds. The average molecular weight is 324 g/mol. The maximum atomic E-state index is 6.15. The first-order valence-electron chi connectivity index (χ1n) is 8.15. The second-order valence-electron chi connectivity index (χ2n) is 5.96. The van der Waals surface area contributed by atoms with Gasteiger partial charge >= 0.3 is 8.56 Å². The van der Waals surface area contributed by atoms with Crippen molar-refractivity contribution in [2.75, 3.05) is 26.6 Å². The van der Waals surface area contributed by atoms with Crippen LogP contribution < -0.4 is 5.32 Å². The standard InChI is InChI=1S/C17H29NO3Si/c1-5-13-17(19-2)16(18-15-10-7-6-8-11-15)12-9-14-22(17,20-3)21-4/h6-8,10-11,16,18H,5,9,12-14H2,1-4H3. The zero-order valence-electron chi connectivity index (χ0n) is 14.2. The van der Waals surface area contributed by atoms with Crippen LogP contribution in [0.25, 0.3) is 0 Å². The van der Waals surface area contributed by atoms with Crippen molar-refractivity contribution in [3.8, 4) is 0 Å². The van der Waals surface area contributed by atoms with E-state index < -0.39 is 8.56 Å². The third-order valence-corrected chi connectivity index (χ3v) is 9.39. The van der Waals surface area contributed by atoms with E-state index in [1.165, 1.54) is 0 Å². The number of rotatable bonds is 7. The van der Waals surface area contributed by atoms with E-state index in [1.807, 2.05) is 6.07 Å². The van der Waals surface area contributed by atoms with Crippen molar-refractivity contribution in [2.24, 2.45) is 0 Å². The minimum atomic E-state index is -2.43. The molecule has 0 radical (unpaired) electrons. The van der Waals surface area contributed by atoms with E-state index >= 15 is 0 Å². The molecular formula is C17H29NO3Si. The second-order valence-corrected chi connectivity index (χ2v) is 9.63. The van der Waals surface area contributed by atoms with Crippen LogP contribution in [0, 0.1) is 0 Å². The molecule has 5 heteroatoms. The highest BCUT2D eigenvalue weighted by atomic mass is 28.4. The number of benzene rings is 1. The maximum Gasteiger partial charge on any atom is 0.372 e. The van der Waals surface area contributed by atoms with Crippen LogP contribution in [0.3, 0.4) is 0 Å². The van der Waals surface area contributed by atoms with Crippen LogP contribution in [0.2, 0.25) is 6.04 Å². The van der Waals surface area contributed by atoms with Crippen LogP contribution in [0.4, 0.5) is 5.69 Å². The lowest BCUT2D eigenvalue weighted by Crippen LogP contribution is -2.72. The molecule has 1 heterocycles. The number of ether oxygens (including phenoxy) is 1. The van der Waals surface area contributed by atoms with Crippen molar-refractivity contribution in [3.05, 3.63) is 30.3 Å². The van der Waals surface area contributed by atoms with Crippen LogP contribution in [0.5, 0.6) is 0 Å². The van der Waals surface area contributed by atoms with E-state index in [-0.39, 0.29) is 11.3 Å². The van der Waals surface area contributed by atoms with Crippen LogP contribution >= 0.6 is 0 Å². The van der Waals surface area contributed by atoms with Crippen molar-refractivity contribution in [1.29, 1.82) is 0 Å². The Morgan fingerprint density at radius 3 is 2.41 bits per heavy atom. The first-order valence-corrected chi connectivity index (χ1v) is 10.2. The van der Waals surface area contributed by atoms with Gasteiger partial charge < -0.3 is 18.9 Å². The predicted octanol–water partition coefficient (Wildman–Crippen LogP) is 3.72. The second kappa shape index (κ2) is 7.59. The highest BCUT2D eigenvalue weighted by molar-refractivity contribution is 6.71. The van der Waals surface area contributed by atoms with E-state index in [0.29, 0.717) is 0 Å². The van der Waals surface area contributed by atoms with Crippen molar-refractivity contribution >= 4 is 14.2 Å². The van der Waals surface area contributed by atoms with Gasteiger partial charge in [0.1, 0.15) is 5.22 Å². The normalized spacial score (nSPS) is 27.5. The molecule has 124 valence electrons. The maximum absolute atomic E-state index is 6.15. The minimum absolute atomic E-state index is 0.208. The van der Waals surface area contributed by atoms with Gasteiger partial charge in [-0.25, -0.2) is 0 Å². The Kier molecular flexibility index (Phi) is 6.03. The Bertz CT molecular complexity index is 452. The summed E-state index contributed by atoms with van der Waals surface area (Å²) in [7, 11) is 2.94. The average Bonchev–Trinajstić information content (AvgIpc) is 2.57. The minimum Gasteiger partial charge on any atom is -0.396 e. The number of nitrogens with one attached hydrogen (secondary N) is 1. The van der Waals surface area contributed by atoms with Crippen molar-refractivity contribution in [3.63, 3.8) is 0 Å². The van der Waals surface area contributed by atoms with Gasteiger partial charge in [0.05, 0.1) is 6.04 Å². The topological polar surface area (TPSA) is 39.7 Å². The Hall–Kier alpha value is -0.883. The van der Waals surface area contributed by atoms with Crippen LogP contribution in [0.15, 0.2) is 30.3 Å². The number of para-hydroxylation sites is 1. The monoisotopic (exact) mass is 323 g/mol. The first-order chi connectivity index (χ1) is 10.7. The van der Waals surface area contributed by atoms with Gasteiger partial charge in [-0.05, 0) is 37.4 Å². The SMILES string of the molecule is CCCC1(OC)C(Nc2ccccc2)CCC[Si]1(OC)OC. The van der Waals surface area contributed by atoms with Gasteiger partial charge in [-0.3, -0.25) is 0 Å². The Balaban J connectivity index is 2.36. The number of methoxy groups -OCH3 is 1. The number of hydrogen-bond acceptors (Lipinski definition) is 4. The van der Waals surface area contributed by atoms with Gasteiger partial charge in [0, 0.05) is 27.0 Å². The molecule has 1 saturated heterocycles. The molecule has 1 aliphatic rings. The highest BCUT2D eigenvalue weighted by Crippen LogP contribution is 2.44. The molecule has 2 atom stereocenters. The van der Waals surface area contributed by atoms with Gasteiger partial charge in [-0.15, -0.1) is 0 Å². The summed E-state index contributed by atoms with van der Waals surface area (Å²) in [5, 5.41) is 3.32. The number of hydrogen-bond donors (Lipinski definition) is 1. The van der Waals surface area contributed by atoms with Crippen LogP contribution in [-0.4, -0.2) is 41.2 Å². The van der Waals surface area contributed by atoms with Crippen LogP contribution in [-0.2, 0) is 13.6 Å². The Morgan fingerprint density at radius 1 is 1.18 bits per heavy atom. The molecule has 0 bridgehead atoms. The largest absolute Gasteiger partial charge is 0.396 e. The summed E-state index contributed by atoms with van der Waals surface area (Å²) in [4.78, 5) is 0. The quantitative estimate of drug-likeness (QED) is 0.776. The first kappa shape index (κ1) is 17.5. The van der Waals surface area contributed by atoms with Gasteiger partial charge in [0.15, 0.2) is 0 Å². The third-order valence-electron chi connectivity index (χ3n) is 4.97. The van der Waals surface area contributed by atoms with E-state index in [2.05, 4.69) is 36.5 Å². The molecule has 1 fully saturated rings. The Morgan fingerprint density at radius 2 is 1.86 bits per heavy atom. The van der Waals surface area contributed by atoms with Crippen molar-refractivity contribution in [1.82, 2.24) is 0 Å². The summed E-state index contributed by atoms with van der Waals surface area (Å²) >= 11 is 0. The van der Waals surface area contributed by atoms with Crippen LogP contribution in [0.1, 0.15) is 32.6 Å². The van der Waals surface area contributed by atoms with E-state index in [0.717, 1.165) is 37.4 Å². The summed E-state index contributed by atoms with van der Waals surface area (Å²) in [6.45, 7) is 2.19. The summed E-state index contributed by atoms with van der Waals surface area (Å²) in [5.74, 6) is 0. The molecule has 1 aliphatic heterocycles. The molecule has 0 saturated carbocycles. The summed E-state index contributed by atoms with van der Waals surface area (Å²) in [6.07, 6.45) is 4.17. The fourth-order valence-electron chi connectivity index (χ4n) is 3.94. The van der Waals surface area contributed by atoms with E-state index in [1.54, 1.807) is 21.3 Å². The third kappa shape index (κ3) is 2.95. The van der Waals surface area contributed by atoms with Gasteiger partial charge in [-0.1, -0.05) is 31.5 Å². The lowest BCUT2D eigenvalue weighted by atomic mass is 9.99. The van der Waals surface area contributed by atoms with E-state index in [4.69, 9.17) is 13.6 Å². The molecule has 1 aromatic rings. The zero-order chi connectivity index (χ0) is 16.1. The molecule has 4 nitrogen and oxygen atoms in total.